The summed E-state index contributed by atoms with van der Waals surface area (Å²) in [7, 11) is 1.62. The Morgan fingerprint density at radius 3 is 2.48 bits per heavy atom. The Labute approximate surface area is 178 Å². The molecular formula is C24H30ClNO3. The van der Waals surface area contributed by atoms with Gasteiger partial charge in [-0.05, 0) is 61.7 Å². The van der Waals surface area contributed by atoms with E-state index in [-0.39, 0.29) is 11.9 Å². The highest BCUT2D eigenvalue weighted by molar-refractivity contribution is 6.31. The lowest BCUT2D eigenvalue weighted by atomic mass is 9.96. The van der Waals surface area contributed by atoms with E-state index in [1.807, 2.05) is 43.3 Å². The van der Waals surface area contributed by atoms with E-state index in [0.29, 0.717) is 22.9 Å². The minimum absolute atomic E-state index is 0.0261. The predicted molar refractivity (Wildman–Crippen MR) is 117 cm³/mol. The van der Waals surface area contributed by atoms with Crippen molar-refractivity contribution in [1.82, 2.24) is 5.32 Å². The first-order chi connectivity index (χ1) is 14.1. The van der Waals surface area contributed by atoms with Gasteiger partial charge in [0.1, 0.15) is 18.1 Å². The van der Waals surface area contributed by atoms with Crippen LogP contribution in [0, 0.1) is 6.92 Å². The second-order valence-electron chi connectivity index (χ2n) is 7.74. The molecule has 0 saturated heterocycles. The summed E-state index contributed by atoms with van der Waals surface area (Å²) >= 11 is 6.08. The van der Waals surface area contributed by atoms with Gasteiger partial charge in [-0.2, -0.15) is 0 Å². The van der Waals surface area contributed by atoms with Gasteiger partial charge in [0.25, 0.3) is 5.91 Å². The molecule has 1 amide bonds. The summed E-state index contributed by atoms with van der Waals surface area (Å²) in [5.41, 5.74) is 2.44. The number of nitrogens with one attached hydrogen (secondary N) is 1. The van der Waals surface area contributed by atoms with Crippen molar-refractivity contribution in [3.63, 3.8) is 0 Å². The largest absolute Gasteiger partial charge is 0.496 e. The van der Waals surface area contributed by atoms with E-state index in [2.05, 4.69) is 5.32 Å². The van der Waals surface area contributed by atoms with Crippen molar-refractivity contribution in [2.75, 3.05) is 7.11 Å². The lowest BCUT2D eigenvalue weighted by Crippen LogP contribution is -2.35. The van der Waals surface area contributed by atoms with Crippen LogP contribution in [-0.4, -0.2) is 19.1 Å². The van der Waals surface area contributed by atoms with Crippen molar-refractivity contribution in [1.29, 1.82) is 0 Å². The summed E-state index contributed by atoms with van der Waals surface area (Å²) < 4.78 is 11.4. The number of aryl methyl sites for hydroxylation is 1. The summed E-state index contributed by atoms with van der Waals surface area (Å²) in [6.07, 6.45) is 8.35. The molecule has 1 aliphatic carbocycles. The minimum Gasteiger partial charge on any atom is -0.496 e. The number of rotatable bonds is 6. The monoisotopic (exact) mass is 415 g/mol. The standard InChI is InChI=1S/C24H30ClNO3/c1-17-14-21(11-12-22(17)25)29-16-19-15-18(10-13-23(19)28-2)24(27)26-20-8-6-4-3-5-7-9-20/h10-15,20H,3-9,16H2,1-2H3,(H,26,27). The van der Waals surface area contributed by atoms with Crippen LogP contribution in [0.4, 0.5) is 0 Å². The maximum atomic E-state index is 12.8. The fourth-order valence-corrected chi connectivity index (χ4v) is 3.89. The third-order valence-electron chi connectivity index (χ3n) is 5.51. The summed E-state index contributed by atoms with van der Waals surface area (Å²) in [4.78, 5) is 12.8. The van der Waals surface area contributed by atoms with Gasteiger partial charge in [0.15, 0.2) is 0 Å². The average molecular weight is 416 g/mol. The highest BCUT2D eigenvalue weighted by Gasteiger charge is 2.17. The van der Waals surface area contributed by atoms with Gasteiger partial charge >= 0.3 is 0 Å². The molecule has 1 fully saturated rings. The molecule has 0 spiro atoms. The third-order valence-corrected chi connectivity index (χ3v) is 5.93. The van der Waals surface area contributed by atoms with Gasteiger partial charge in [-0.15, -0.1) is 0 Å². The van der Waals surface area contributed by atoms with Crippen LogP contribution in [0.2, 0.25) is 5.02 Å². The molecule has 29 heavy (non-hydrogen) atoms. The second kappa shape index (κ2) is 10.5. The first kappa shape index (κ1) is 21.5. The van der Waals surface area contributed by atoms with Gasteiger partial charge < -0.3 is 14.8 Å². The van der Waals surface area contributed by atoms with Crippen LogP contribution in [0.3, 0.4) is 0 Å². The van der Waals surface area contributed by atoms with Gasteiger partial charge in [0.2, 0.25) is 0 Å². The number of carbonyl (C=O) groups excluding carboxylic acids is 1. The van der Waals surface area contributed by atoms with Crippen LogP contribution in [0.25, 0.3) is 0 Å². The Kier molecular flexibility index (Phi) is 7.82. The minimum atomic E-state index is -0.0261. The zero-order chi connectivity index (χ0) is 20.6. The Bertz CT molecular complexity index is 829. The van der Waals surface area contributed by atoms with E-state index in [1.54, 1.807) is 7.11 Å². The van der Waals surface area contributed by atoms with Crippen molar-refractivity contribution in [2.45, 2.75) is 64.5 Å². The van der Waals surface area contributed by atoms with Crippen LogP contribution in [0.15, 0.2) is 36.4 Å². The van der Waals surface area contributed by atoms with E-state index in [0.717, 1.165) is 29.7 Å². The van der Waals surface area contributed by atoms with Crippen molar-refractivity contribution in [3.8, 4) is 11.5 Å². The summed E-state index contributed by atoms with van der Waals surface area (Å²) in [6, 6.07) is 11.3. The number of amides is 1. The van der Waals surface area contributed by atoms with Crippen molar-refractivity contribution >= 4 is 17.5 Å². The number of benzene rings is 2. The van der Waals surface area contributed by atoms with E-state index in [9.17, 15) is 4.79 Å². The Morgan fingerprint density at radius 1 is 1.07 bits per heavy atom. The molecule has 156 valence electrons. The predicted octanol–water partition coefficient (Wildman–Crippen LogP) is 6.08. The quantitative estimate of drug-likeness (QED) is 0.622. The normalized spacial score (nSPS) is 15.3. The Morgan fingerprint density at radius 2 is 1.79 bits per heavy atom. The van der Waals surface area contributed by atoms with Crippen LogP contribution >= 0.6 is 11.6 Å². The summed E-state index contributed by atoms with van der Waals surface area (Å²) in [5, 5.41) is 3.93. The van der Waals surface area contributed by atoms with Gasteiger partial charge in [-0.1, -0.05) is 43.7 Å². The number of halogens is 1. The van der Waals surface area contributed by atoms with Gasteiger partial charge in [0.05, 0.1) is 7.11 Å². The zero-order valence-electron chi connectivity index (χ0n) is 17.3. The fraction of sp³-hybridized carbons (Fsp3) is 0.458. The fourth-order valence-electron chi connectivity index (χ4n) is 3.77. The molecule has 1 saturated carbocycles. The summed E-state index contributed by atoms with van der Waals surface area (Å²) in [5.74, 6) is 1.42. The maximum Gasteiger partial charge on any atom is 0.251 e. The van der Waals surface area contributed by atoms with Crippen LogP contribution in [0.5, 0.6) is 11.5 Å². The zero-order valence-corrected chi connectivity index (χ0v) is 18.1. The van der Waals surface area contributed by atoms with E-state index >= 15 is 0 Å². The first-order valence-electron chi connectivity index (χ1n) is 10.4. The number of ether oxygens (including phenoxy) is 2. The first-order valence-corrected chi connectivity index (χ1v) is 10.8. The lowest BCUT2D eigenvalue weighted by molar-refractivity contribution is 0.0930. The van der Waals surface area contributed by atoms with Crippen molar-refractivity contribution in [3.05, 3.63) is 58.1 Å². The van der Waals surface area contributed by atoms with Crippen molar-refractivity contribution < 1.29 is 14.3 Å². The average Bonchev–Trinajstić information content (AvgIpc) is 2.70. The highest BCUT2D eigenvalue weighted by Crippen LogP contribution is 2.25. The topological polar surface area (TPSA) is 47.6 Å². The molecule has 1 N–H and O–H groups in total. The molecule has 0 aromatic heterocycles. The van der Waals surface area contributed by atoms with Crippen LogP contribution in [-0.2, 0) is 6.61 Å². The van der Waals surface area contributed by atoms with E-state index in [4.69, 9.17) is 21.1 Å². The van der Waals surface area contributed by atoms with Gasteiger partial charge in [-0.3, -0.25) is 4.79 Å². The highest BCUT2D eigenvalue weighted by atomic mass is 35.5. The summed E-state index contributed by atoms with van der Waals surface area (Å²) in [6.45, 7) is 2.25. The molecule has 0 atom stereocenters. The number of hydrogen-bond donors (Lipinski definition) is 1. The molecule has 3 rings (SSSR count). The van der Waals surface area contributed by atoms with Gasteiger partial charge in [-0.25, -0.2) is 0 Å². The van der Waals surface area contributed by atoms with E-state index < -0.39 is 0 Å². The number of hydrogen-bond acceptors (Lipinski definition) is 3. The van der Waals surface area contributed by atoms with E-state index in [1.165, 1.54) is 32.1 Å². The molecule has 2 aromatic rings. The second-order valence-corrected chi connectivity index (χ2v) is 8.15. The molecule has 5 heteroatoms. The molecule has 4 nitrogen and oxygen atoms in total. The molecular weight excluding hydrogens is 386 g/mol. The smallest absolute Gasteiger partial charge is 0.251 e. The molecule has 0 aliphatic heterocycles. The molecule has 2 aromatic carbocycles. The van der Waals surface area contributed by atoms with Gasteiger partial charge in [0, 0.05) is 22.2 Å². The van der Waals surface area contributed by atoms with Crippen LogP contribution in [0.1, 0.15) is 66.4 Å². The molecule has 0 unspecified atom stereocenters. The van der Waals surface area contributed by atoms with Crippen molar-refractivity contribution in [2.24, 2.45) is 0 Å². The Balaban J connectivity index is 1.68. The lowest BCUT2D eigenvalue weighted by Gasteiger charge is -2.21. The SMILES string of the molecule is COc1ccc(C(=O)NC2CCCCCCC2)cc1COc1ccc(Cl)c(C)c1. The maximum absolute atomic E-state index is 12.8. The third kappa shape index (κ3) is 6.14. The molecule has 0 bridgehead atoms. The Hall–Kier alpha value is -2.20. The molecule has 0 heterocycles. The molecule has 1 aliphatic rings. The molecule has 0 radical (unpaired) electrons. The number of carbonyl (C=O) groups is 1. The number of methoxy groups -OCH3 is 1. The van der Waals surface area contributed by atoms with Crippen LogP contribution < -0.4 is 14.8 Å².